The molecule has 2 aliphatic rings. The number of thiophene rings is 1. The molecule has 1 saturated heterocycles. The Labute approximate surface area is 210 Å². The molecule has 0 bridgehead atoms. The van der Waals surface area contributed by atoms with Crippen LogP contribution in [0.3, 0.4) is 0 Å². The zero-order chi connectivity index (χ0) is 22.7. The number of piperazine rings is 1. The van der Waals surface area contributed by atoms with Gasteiger partial charge in [0, 0.05) is 42.5 Å². The van der Waals surface area contributed by atoms with Crippen LogP contribution in [-0.4, -0.2) is 41.0 Å². The lowest BCUT2D eigenvalue weighted by Gasteiger charge is -2.36. The summed E-state index contributed by atoms with van der Waals surface area (Å²) in [4.78, 5) is 19.4. The average Bonchev–Trinajstić information content (AvgIpc) is 3.27. The minimum Gasteiger partial charge on any atom is -0.353 e. The standard InChI is InChI=1S/C28H30N4S2/c1-3-9-21(10-4-1)19-31-15-17-32(18-16-31)27-26-23-13-7-8-14-24(23)34-28(26)30-25(29-27)20-33-22-11-5-2-6-12-22/h1-6,9-12H,7-8,13-20H2. The number of hydrogen-bond acceptors (Lipinski definition) is 6. The van der Waals surface area contributed by atoms with Gasteiger partial charge in [-0.15, -0.1) is 23.1 Å². The largest absolute Gasteiger partial charge is 0.353 e. The molecular formula is C28H30N4S2. The zero-order valence-electron chi connectivity index (χ0n) is 19.4. The first-order valence-electron chi connectivity index (χ1n) is 12.3. The molecule has 0 atom stereocenters. The molecule has 0 amide bonds. The number of aryl methyl sites for hydroxylation is 2. The molecule has 1 aliphatic carbocycles. The van der Waals surface area contributed by atoms with Crippen molar-refractivity contribution in [1.29, 1.82) is 0 Å². The van der Waals surface area contributed by atoms with Crippen LogP contribution < -0.4 is 4.90 Å². The van der Waals surface area contributed by atoms with Crippen molar-refractivity contribution in [3.63, 3.8) is 0 Å². The molecule has 174 valence electrons. The molecule has 0 spiro atoms. The first-order valence-corrected chi connectivity index (χ1v) is 14.1. The maximum Gasteiger partial charge on any atom is 0.142 e. The third-order valence-electron chi connectivity index (χ3n) is 6.87. The number of aromatic nitrogens is 2. The number of fused-ring (bicyclic) bond motifs is 3. The quantitative estimate of drug-likeness (QED) is 0.304. The Morgan fingerprint density at radius 3 is 2.35 bits per heavy atom. The van der Waals surface area contributed by atoms with Crippen LogP contribution in [0.1, 0.15) is 34.7 Å². The fourth-order valence-electron chi connectivity index (χ4n) is 5.10. The Balaban J connectivity index is 1.26. The van der Waals surface area contributed by atoms with E-state index in [1.165, 1.54) is 57.7 Å². The molecular weight excluding hydrogens is 456 g/mol. The molecule has 6 rings (SSSR count). The highest BCUT2D eigenvalue weighted by Gasteiger charge is 2.26. The minimum atomic E-state index is 0.809. The predicted molar refractivity (Wildman–Crippen MR) is 144 cm³/mol. The molecule has 2 aromatic carbocycles. The number of rotatable bonds is 6. The maximum absolute atomic E-state index is 5.21. The van der Waals surface area contributed by atoms with Gasteiger partial charge >= 0.3 is 0 Å². The Morgan fingerprint density at radius 1 is 0.824 bits per heavy atom. The van der Waals surface area contributed by atoms with Crippen molar-refractivity contribution in [3.05, 3.63) is 82.5 Å². The van der Waals surface area contributed by atoms with E-state index in [9.17, 15) is 0 Å². The molecule has 1 aliphatic heterocycles. The van der Waals surface area contributed by atoms with Gasteiger partial charge in [-0.3, -0.25) is 4.90 Å². The van der Waals surface area contributed by atoms with E-state index < -0.39 is 0 Å². The summed E-state index contributed by atoms with van der Waals surface area (Å²) in [5.74, 6) is 2.96. The average molecular weight is 487 g/mol. The summed E-state index contributed by atoms with van der Waals surface area (Å²) < 4.78 is 0. The summed E-state index contributed by atoms with van der Waals surface area (Å²) in [6.45, 7) is 5.21. The van der Waals surface area contributed by atoms with Gasteiger partial charge in [-0.05, 0) is 48.9 Å². The van der Waals surface area contributed by atoms with Crippen molar-refractivity contribution in [3.8, 4) is 0 Å². The highest BCUT2D eigenvalue weighted by Crippen LogP contribution is 2.40. The number of thioether (sulfide) groups is 1. The molecule has 1 fully saturated rings. The second-order valence-electron chi connectivity index (χ2n) is 9.21. The third kappa shape index (κ3) is 4.72. The third-order valence-corrected chi connectivity index (χ3v) is 9.07. The van der Waals surface area contributed by atoms with Crippen LogP contribution in [0.4, 0.5) is 5.82 Å². The van der Waals surface area contributed by atoms with E-state index in [1.54, 1.807) is 4.88 Å². The van der Waals surface area contributed by atoms with Crippen LogP contribution in [0.2, 0.25) is 0 Å². The number of nitrogens with zero attached hydrogens (tertiary/aromatic N) is 4. The van der Waals surface area contributed by atoms with Crippen molar-refractivity contribution < 1.29 is 0 Å². The molecule has 34 heavy (non-hydrogen) atoms. The maximum atomic E-state index is 5.21. The summed E-state index contributed by atoms with van der Waals surface area (Å²) in [5, 5.41) is 1.35. The van der Waals surface area contributed by atoms with Crippen molar-refractivity contribution >= 4 is 39.1 Å². The van der Waals surface area contributed by atoms with Crippen molar-refractivity contribution in [2.45, 2.75) is 42.9 Å². The minimum absolute atomic E-state index is 0.809. The summed E-state index contributed by atoms with van der Waals surface area (Å²) in [6, 6.07) is 21.4. The van der Waals surface area contributed by atoms with Gasteiger partial charge in [0.25, 0.3) is 0 Å². The van der Waals surface area contributed by atoms with Gasteiger partial charge in [-0.2, -0.15) is 0 Å². The van der Waals surface area contributed by atoms with Crippen molar-refractivity contribution in [1.82, 2.24) is 14.9 Å². The molecule has 4 nitrogen and oxygen atoms in total. The van der Waals surface area contributed by atoms with E-state index in [4.69, 9.17) is 9.97 Å². The van der Waals surface area contributed by atoms with Crippen molar-refractivity contribution in [2.75, 3.05) is 31.1 Å². The lowest BCUT2D eigenvalue weighted by Crippen LogP contribution is -2.46. The molecule has 0 saturated carbocycles. The van der Waals surface area contributed by atoms with Gasteiger partial charge in [0.05, 0.1) is 11.1 Å². The molecule has 0 radical (unpaired) electrons. The van der Waals surface area contributed by atoms with E-state index in [-0.39, 0.29) is 0 Å². The summed E-state index contributed by atoms with van der Waals surface area (Å²) in [6.07, 6.45) is 4.97. The van der Waals surface area contributed by atoms with E-state index in [2.05, 4.69) is 70.5 Å². The highest BCUT2D eigenvalue weighted by molar-refractivity contribution is 7.98. The number of anilines is 1. The second kappa shape index (κ2) is 10.1. The van der Waals surface area contributed by atoms with Gasteiger partial charge in [-0.1, -0.05) is 48.5 Å². The monoisotopic (exact) mass is 486 g/mol. The van der Waals surface area contributed by atoms with E-state index >= 15 is 0 Å². The molecule has 0 unspecified atom stereocenters. The predicted octanol–water partition coefficient (Wildman–Crippen LogP) is 6.18. The van der Waals surface area contributed by atoms with Gasteiger partial charge in [0.2, 0.25) is 0 Å². The van der Waals surface area contributed by atoms with Crippen LogP contribution in [-0.2, 0) is 25.1 Å². The van der Waals surface area contributed by atoms with E-state index in [0.29, 0.717) is 0 Å². The molecule has 3 heterocycles. The first kappa shape index (κ1) is 22.1. The van der Waals surface area contributed by atoms with Crippen LogP contribution >= 0.6 is 23.1 Å². The number of hydrogen-bond donors (Lipinski definition) is 0. The molecule has 6 heteroatoms. The SMILES string of the molecule is c1ccc(CN2CCN(c3nc(CSc4ccccc4)nc4sc5c(c34)CCCC5)CC2)cc1. The van der Waals surface area contributed by atoms with Crippen LogP contribution in [0, 0.1) is 0 Å². The zero-order valence-corrected chi connectivity index (χ0v) is 21.1. The lowest BCUT2D eigenvalue weighted by atomic mass is 9.97. The Kier molecular flexibility index (Phi) is 6.53. The van der Waals surface area contributed by atoms with Crippen LogP contribution in [0.15, 0.2) is 65.6 Å². The topological polar surface area (TPSA) is 32.3 Å². The van der Waals surface area contributed by atoms with Crippen LogP contribution in [0.25, 0.3) is 10.2 Å². The van der Waals surface area contributed by atoms with Crippen LogP contribution in [0.5, 0.6) is 0 Å². The van der Waals surface area contributed by atoms with Gasteiger partial charge in [-0.25, -0.2) is 9.97 Å². The van der Waals surface area contributed by atoms with E-state index in [1.807, 2.05) is 23.1 Å². The van der Waals surface area contributed by atoms with Gasteiger partial charge in [0.1, 0.15) is 16.5 Å². The smallest absolute Gasteiger partial charge is 0.142 e. The van der Waals surface area contributed by atoms with Gasteiger partial charge in [0.15, 0.2) is 0 Å². The Bertz CT molecular complexity index is 1250. The summed E-state index contributed by atoms with van der Waals surface area (Å²) >= 11 is 3.75. The molecule has 4 aromatic rings. The highest BCUT2D eigenvalue weighted by atomic mass is 32.2. The number of benzene rings is 2. The summed E-state index contributed by atoms with van der Waals surface area (Å²) in [5.41, 5.74) is 2.93. The normalized spacial score (nSPS) is 16.6. The van der Waals surface area contributed by atoms with Crippen molar-refractivity contribution in [2.24, 2.45) is 0 Å². The van der Waals surface area contributed by atoms with Gasteiger partial charge < -0.3 is 4.90 Å². The Morgan fingerprint density at radius 2 is 1.56 bits per heavy atom. The van der Waals surface area contributed by atoms with E-state index in [0.717, 1.165) is 44.3 Å². The lowest BCUT2D eigenvalue weighted by molar-refractivity contribution is 0.249. The Hall–Kier alpha value is -2.41. The fraction of sp³-hybridized carbons (Fsp3) is 0.357. The summed E-state index contributed by atoms with van der Waals surface area (Å²) in [7, 11) is 0. The fourth-order valence-corrected chi connectivity index (χ4v) is 7.15. The second-order valence-corrected chi connectivity index (χ2v) is 11.3. The first-order chi connectivity index (χ1) is 16.8. The molecule has 2 aromatic heterocycles. The molecule has 0 N–H and O–H groups in total.